The summed E-state index contributed by atoms with van der Waals surface area (Å²) in [5.41, 5.74) is 6.94. The molecule has 0 radical (unpaired) electrons. The summed E-state index contributed by atoms with van der Waals surface area (Å²) in [5, 5.41) is 0.322. The van der Waals surface area contributed by atoms with Crippen LogP contribution in [-0.4, -0.2) is 0 Å². The second-order valence-electron chi connectivity index (χ2n) is 4.15. The summed E-state index contributed by atoms with van der Waals surface area (Å²) in [4.78, 5) is 0. The summed E-state index contributed by atoms with van der Waals surface area (Å²) in [6, 6.07) is 8.52. The third kappa shape index (κ3) is 3.14. The molecule has 100 valence electrons. The second-order valence-corrected chi connectivity index (χ2v) is 5.35. The lowest BCUT2D eigenvalue weighted by molar-refractivity contribution is 0.587. The number of hydrogen-bond donors (Lipinski definition) is 1. The average Bonchev–Trinajstić information content (AvgIpc) is 2.37. The zero-order valence-corrected chi connectivity index (χ0v) is 12.2. The number of halogens is 4. The number of rotatable bonds is 3. The van der Waals surface area contributed by atoms with Crippen LogP contribution in [0.4, 0.5) is 8.78 Å². The third-order valence-electron chi connectivity index (χ3n) is 2.87. The van der Waals surface area contributed by atoms with Crippen molar-refractivity contribution in [1.82, 2.24) is 0 Å². The van der Waals surface area contributed by atoms with E-state index in [4.69, 9.17) is 17.3 Å². The maximum atomic E-state index is 13.7. The van der Waals surface area contributed by atoms with Gasteiger partial charge in [-0.3, -0.25) is 0 Å². The summed E-state index contributed by atoms with van der Waals surface area (Å²) in [5.74, 6) is -0.803. The van der Waals surface area contributed by atoms with Crippen LogP contribution in [0.3, 0.4) is 0 Å². The normalized spacial score (nSPS) is 12.5. The highest BCUT2D eigenvalue weighted by molar-refractivity contribution is 9.10. The van der Waals surface area contributed by atoms with Crippen LogP contribution in [0.1, 0.15) is 17.2 Å². The molecule has 2 aromatic rings. The molecule has 0 aromatic heterocycles. The van der Waals surface area contributed by atoms with E-state index in [1.165, 1.54) is 18.2 Å². The van der Waals surface area contributed by atoms with Crippen LogP contribution in [0, 0.1) is 11.6 Å². The van der Waals surface area contributed by atoms with Crippen molar-refractivity contribution in [3.05, 3.63) is 68.7 Å². The predicted octanol–water partition coefficient (Wildman–Crippen LogP) is 4.62. The van der Waals surface area contributed by atoms with E-state index in [0.29, 0.717) is 20.6 Å². The first-order valence-electron chi connectivity index (χ1n) is 5.63. The molecular formula is C14H11BrClF2N. The molecule has 19 heavy (non-hydrogen) atoms. The average molecular weight is 347 g/mol. The summed E-state index contributed by atoms with van der Waals surface area (Å²) in [6.07, 6.45) is 0.202. The van der Waals surface area contributed by atoms with Gasteiger partial charge in [-0.25, -0.2) is 8.78 Å². The lowest BCUT2D eigenvalue weighted by atomic mass is 9.99. The van der Waals surface area contributed by atoms with E-state index in [0.717, 1.165) is 0 Å². The molecule has 0 saturated heterocycles. The summed E-state index contributed by atoms with van der Waals surface area (Å²) in [7, 11) is 0. The van der Waals surface area contributed by atoms with Crippen LogP contribution < -0.4 is 5.73 Å². The topological polar surface area (TPSA) is 26.0 Å². The highest BCUT2D eigenvalue weighted by Gasteiger charge is 2.16. The highest BCUT2D eigenvalue weighted by Crippen LogP contribution is 2.29. The molecule has 1 nitrogen and oxygen atoms in total. The van der Waals surface area contributed by atoms with Crippen molar-refractivity contribution >= 4 is 27.5 Å². The van der Waals surface area contributed by atoms with Crippen molar-refractivity contribution in [2.24, 2.45) is 5.73 Å². The van der Waals surface area contributed by atoms with Gasteiger partial charge in [0.05, 0.1) is 4.47 Å². The first-order chi connectivity index (χ1) is 9.00. The van der Waals surface area contributed by atoms with E-state index in [-0.39, 0.29) is 6.42 Å². The minimum Gasteiger partial charge on any atom is -0.324 e. The van der Waals surface area contributed by atoms with Gasteiger partial charge in [0, 0.05) is 16.6 Å². The molecule has 2 N–H and O–H groups in total. The Labute approximate surface area is 123 Å². The molecule has 0 spiro atoms. The SMILES string of the molecule is NC(Cc1c(F)cccc1Cl)c1cccc(F)c1Br. The van der Waals surface area contributed by atoms with Crippen LogP contribution in [0.15, 0.2) is 40.9 Å². The number of nitrogens with two attached hydrogens (primary N) is 1. The molecule has 2 aromatic carbocycles. The fraction of sp³-hybridized carbons (Fsp3) is 0.143. The van der Waals surface area contributed by atoms with Crippen molar-refractivity contribution in [2.75, 3.05) is 0 Å². The smallest absolute Gasteiger partial charge is 0.137 e. The van der Waals surface area contributed by atoms with E-state index in [1.54, 1.807) is 18.2 Å². The molecule has 0 heterocycles. The minimum absolute atomic E-state index is 0.202. The van der Waals surface area contributed by atoms with Gasteiger partial charge in [0.25, 0.3) is 0 Å². The molecule has 0 saturated carbocycles. The van der Waals surface area contributed by atoms with E-state index >= 15 is 0 Å². The molecule has 0 aliphatic heterocycles. The molecule has 0 fully saturated rings. The molecular weight excluding hydrogens is 336 g/mol. The van der Waals surface area contributed by atoms with Gasteiger partial charge < -0.3 is 5.73 Å². The minimum atomic E-state index is -0.542. The Morgan fingerprint density at radius 1 is 1.11 bits per heavy atom. The Morgan fingerprint density at radius 3 is 2.42 bits per heavy atom. The molecule has 2 rings (SSSR count). The molecule has 5 heteroatoms. The Morgan fingerprint density at radius 2 is 1.74 bits per heavy atom. The van der Waals surface area contributed by atoms with E-state index in [1.807, 2.05) is 0 Å². The monoisotopic (exact) mass is 345 g/mol. The van der Waals surface area contributed by atoms with Crippen molar-refractivity contribution < 1.29 is 8.78 Å². The van der Waals surface area contributed by atoms with Gasteiger partial charge in [-0.05, 0) is 46.1 Å². The second kappa shape index (κ2) is 5.99. The molecule has 0 aliphatic carbocycles. The Kier molecular flexibility index (Phi) is 4.55. The van der Waals surface area contributed by atoms with Gasteiger partial charge in [0.1, 0.15) is 11.6 Å². The standard InChI is InChI=1S/C14H11BrClF2N/c15-14-8(3-1-6-12(14)18)13(19)7-9-10(16)4-2-5-11(9)17/h1-6,13H,7,19H2. The van der Waals surface area contributed by atoms with Gasteiger partial charge in [-0.1, -0.05) is 29.8 Å². The van der Waals surface area contributed by atoms with Crippen molar-refractivity contribution in [1.29, 1.82) is 0 Å². The van der Waals surface area contributed by atoms with Gasteiger partial charge in [0.15, 0.2) is 0 Å². The first kappa shape index (κ1) is 14.4. The third-order valence-corrected chi connectivity index (χ3v) is 4.06. The number of benzene rings is 2. The van der Waals surface area contributed by atoms with E-state index < -0.39 is 17.7 Å². The van der Waals surface area contributed by atoms with Crippen LogP contribution in [-0.2, 0) is 6.42 Å². The summed E-state index contributed by atoms with van der Waals surface area (Å²) >= 11 is 9.10. The zero-order chi connectivity index (χ0) is 14.0. The van der Waals surface area contributed by atoms with E-state index in [9.17, 15) is 8.78 Å². The fourth-order valence-electron chi connectivity index (χ4n) is 1.86. The van der Waals surface area contributed by atoms with Crippen molar-refractivity contribution in [3.63, 3.8) is 0 Å². The zero-order valence-electron chi connectivity index (χ0n) is 9.84. The molecule has 0 bridgehead atoms. The molecule has 0 amide bonds. The predicted molar refractivity (Wildman–Crippen MR) is 76.1 cm³/mol. The largest absolute Gasteiger partial charge is 0.324 e. The van der Waals surface area contributed by atoms with Crippen molar-refractivity contribution in [3.8, 4) is 0 Å². The summed E-state index contributed by atoms with van der Waals surface area (Å²) in [6.45, 7) is 0. The van der Waals surface area contributed by atoms with Crippen molar-refractivity contribution in [2.45, 2.75) is 12.5 Å². The van der Waals surface area contributed by atoms with Gasteiger partial charge in [-0.2, -0.15) is 0 Å². The fourth-order valence-corrected chi connectivity index (χ4v) is 2.66. The van der Waals surface area contributed by atoms with Gasteiger partial charge >= 0.3 is 0 Å². The molecule has 1 atom stereocenters. The van der Waals surface area contributed by atoms with Gasteiger partial charge in [0.2, 0.25) is 0 Å². The Bertz CT molecular complexity index is 584. The maximum absolute atomic E-state index is 13.7. The van der Waals surface area contributed by atoms with Gasteiger partial charge in [-0.15, -0.1) is 0 Å². The number of hydrogen-bond acceptors (Lipinski definition) is 1. The van der Waals surface area contributed by atoms with Crippen LogP contribution in [0.2, 0.25) is 5.02 Å². The van der Waals surface area contributed by atoms with E-state index in [2.05, 4.69) is 15.9 Å². The lowest BCUT2D eigenvalue weighted by Gasteiger charge is -2.15. The highest BCUT2D eigenvalue weighted by atomic mass is 79.9. The molecule has 0 aliphatic rings. The maximum Gasteiger partial charge on any atom is 0.137 e. The van der Waals surface area contributed by atoms with Crippen LogP contribution >= 0.6 is 27.5 Å². The first-order valence-corrected chi connectivity index (χ1v) is 6.80. The quantitative estimate of drug-likeness (QED) is 0.862. The summed E-state index contributed by atoms with van der Waals surface area (Å²) < 4.78 is 27.4. The molecule has 1 unspecified atom stereocenters. The Hall–Kier alpha value is -0.970. The lowest BCUT2D eigenvalue weighted by Crippen LogP contribution is -2.15. The van der Waals surface area contributed by atoms with Crippen LogP contribution in [0.25, 0.3) is 0 Å². The van der Waals surface area contributed by atoms with Crippen LogP contribution in [0.5, 0.6) is 0 Å². The Balaban J connectivity index is 2.31.